The first kappa shape index (κ1) is 15.0. The van der Waals surface area contributed by atoms with Crippen LogP contribution in [-0.2, 0) is 9.53 Å². The van der Waals surface area contributed by atoms with Crippen LogP contribution < -0.4 is 0 Å². The Morgan fingerprint density at radius 2 is 2.22 bits per heavy atom. The molecule has 0 N–H and O–H groups in total. The molecule has 2 atom stereocenters. The Morgan fingerprint density at radius 1 is 1.50 bits per heavy atom. The molecule has 0 saturated carbocycles. The normalized spacial score (nSPS) is 23.2. The molecule has 0 heterocycles. The van der Waals surface area contributed by atoms with E-state index in [1.165, 1.54) is 11.1 Å². The lowest BCUT2D eigenvalue weighted by Crippen LogP contribution is -2.26. The van der Waals surface area contributed by atoms with Crippen LogP contribution in [0, 0.1) is 11.8 Å². The molecule has 0 aromatic carbocycles. The first-order chi connectivity index (χ1) is 8.54. The number of esters is 1. The van der Waals surface area contributed by atoms with Gasteiger partial charge in [0.05, 0.1) is 12.5 Å². The summed E-state index contributed by atoms with van der Waals surface area (Å²) >= 11 is 0. The third-order valence-corrected chi connectivity index (χ3v) is 3.54. The van der Waals surface area contributed by atoms with E-state index in [1.54, 1.807) is 0 Å². The fourth-order valence-electron chi connectivity index (χ4n) is 2.49. The zero-order valence-corrected chi connectivity index (χ0v) is 12.2. The number of allylic oxidation sites excluding steroid dienone is 4. The van der Waals surface area contributed by atoms with E-state index in [4.69, 9.17) is 4.74 Å². The van der Waals surface area contributed by atoms with E-state index in [1.807, 2.05) is 6.92 Å². The van der Waals surface area contributed by atoms with Gasteiger partial charge in [-0.3, -0.25) is 4.79 Å². The first-order valence-corrected chi connectivity index (χ1v) is 7.02. The van der Waals surface area contributed by atoms with Crippen molar-refractivity contribution in [1.82, 2.24) is 0 Å². The Balaban J connectivity index is 2.48. The van der Waals surface area contributed by atoms with E-state index < -0.39 is 0 Å². The second kappa shape index (κ2) is 7.40. The molecule has 0 radical (unpaired) electrons. The zero-order chi connectivity index (χ0) is 13.5. The van der Waals surface area contributed by atoms with Gasteiger partial charge < -0.3 is 4.74 Å². The molecule has 102 valence electrons. The van der Waals surface area contributed by atoms with Crippen molar-refractivity contribution in [3.63, 3.8) is 0 Å². The molecule has 1 aliphatic rings. The minimum atomic E-state index is -0.0235. The van der Waals surface area contributed by atoms with Gasteiger partial charge in [0.2, 0.25) is 0 Å². The van der Waals surface area contributed by atoms with Crippen LogP contribution in [0.3, 0.4) is 0 Å². The fraction of sp³-hybridized carbons (Fsp3) is 0.688. The molecule has 0 aromatic heterocycles. The quantitative estimate of drug-likeness (QED) is 0.538. The molecule has 1 aliphatic carbocycles. The maximum Gasteiger partial charge on any atom is 0.309 e. The SMILES string of the molecule is CCOC(=O)C1CC=C(CCC=C(C)C)CC1C. The molecule has 0 bridgehead atoms. The van der Waals surface area contributed by atoms with Crippen LogP contribution in [-0.4, -0.2) is 12.6 Å². The lowest BCUT2D eigenvalue weighted by molar-refractivity contribution is -0.149. The molecule has 2 nitrogen and oxygen atoms in total. The second-order valence-electron chi connectivity index (χ2n) is 5.46. The molecule has 0 aliphatic heterocycles. The Kier molecular flexibility index (Phi) is 6.17. The molecule has 0 saturated heterocycles. The van der Waals surface area contributed by atoms with Gasteiger partial charge in [-0.25, -0.2) is 0 Å². The molecule has 2 unspecified atom stereocenters. The molecular formula is C16H26O2. The molecular weight excluding hydrogens is 224 g/mol. The molecule has 18 heavy (non-hydrogen) atoms. The van der Waals surface area contributed by atoms with Gasteiger partial charge >= 0.3 is 5.97 Å². The average Bonchev–Trinajstić information content (AvgIpc) is 2.28. The molecule has 0 aromatic rings. The standard InChI is InChI=1S/C16H26O2/c1-5-18-16(17)15-10-9-14(11-13(15)4)8-6-7-12(2)3/h7,9,13,15H,5-6,8,10-11H2,1-4H3. The number of carbonyl (C=O) groups is 1. The van der Waals surface area contributed by atoms with Crippen molar-refractivity contribution in [1.29, 1.82) is 0 Å². The summed E-state index contributed by atoms with van der Waals surface area (Å²) in [5.74, 6) is 0.456. The second-order valence-corrected chi connectivity index (χ2v) is 5.46. The van der Waals surface area contributed by atoms with E-state index in [9.17, 15) is 4.79 Å². The van der Waals surface area contributed by atoms with Crippen LogP contribution >= 0.6 is 0 Å². The van der Waals surface area contributed by atoms with E-state index >= 15 is 0 Å². The highest BCUT2D eigenvalue weighted by Crippen LogP contribution is 2.32. The Hall–Kier alpha value is -1.05. The van der Waals surface area contributed by atoms with Gasteiger partial charge in [-0.05, 0) is 52.4 Å². The summed E-state index contributed by atoms with van der Waals surface area (Å²) in [5.41, 5.74) is 2.88. The minimum Gasteiger partial charge on any atom is -0.466 e. The maximum atomic E-state index is 11.8. The summed E-state index contributed by atoms with van der Waals surface area (Å²) in [6.07, 6.45) is 8.67. The fourth-order valence-corrected chi connectivity index (χ4v) is 2.49. The number of carbonyl (C=O) groups excluding carboxylic acids is 1. The molecule has 0 amide bonds. The van der Waals surface area contributed by atoms with Crippen molar-refractivity contribution in [2.45, 2.75) is 53.4 Å². The largest absolute Gasteiger partial charge is 0.466 e. The highest BCUT2D eigenvalue weighted by Gasteiger charge is 2.28. The van der Waals surface area contributed by atoms with Crippen LogP contribution in [0.1, 0.15) is 53.4 Å². The third-order valence-electron chi connectivity index (χ3n) is 3.54. The van der Waals surface area contributed by atoms with Crippen molar-refractivity contribution >= 4 is 5.97 Å². The number of hydrogen-bond donors (Lipinski definition) is 0. The summed E-state index contributed by atoms with van der Waals surface area (Å²) < 4.78 is 5.12. The van der Waals surface area contributed by atoms with Gasteiger partial charge in [0, 0.05) is 0 Å². The summed E-state index contributed by atoms with van der Waals surface area (Å²) in [6, 6.07) is 0. The van der Waals surface area contributed by atoms with Gasteiger partial charge in [0.1, 0.15) is 0 Å². The van der Waals surface area contributed by atoms with Crippen LogP contribution in [0.2, 0.25) is 0 Å². The van der Waals surface area contributed by atoms with Crippen LogP contribution in [0.4, 0.5) is 0 Å². The zero-order valence-electron chi connectivity index (χ0n) is 12.2. The van der Waals surface area contributed by atoms with Crippen LogP contribution in [0.5, 0.6) is 0 Å². The number of rotatable bonds is 5. The smallest absolute Gasteiger partial charge is 0.309 e. The van der Waals surface area contributed by atoms with E-state index in [2.05, 4.69) is 32.9 Å². The Bertz CT molecular complexity index is 335. The Labute approximate surface area is 111 Å². The van der Waals surface area contributed by atoms with Gasteiger partial charge in [0.25, 0.3) is 0 Å². The van der Waals surface area contributed by atoms with Crippen LogP contribution in [0.25, 0.3) is 0 Å². The van der Waals surface area contributed by atoms with E-state index in [0.717, 1.165) is 25.7 Å². The van der Waals surface area contributed by atoms with Gasteiger partial charge in [0.15, 0.2) is 0 Å². The van der Waals surface area contributed by atoms with E-state index in [0.29, 0.717) is 12.5 Å². The van der Waals surface area contributed by atoms with Crippen molar-refractivity contribution in [2.24, 2.45) is 11.8 Å². The highest BCUT2D eigenvalue weighted by atomic mass is 16.5. The van der Waals surface area contributed by atoms with E-state index in [-0.39, 0.29) is 11.9 Å². The first-order valence-electron chi connectivity index (χ1n) is 7.02. The monoisotopic (exact) mass is 250 g/mol. The topological polar surface area (TPSA) is 26.3 Å². The van der Waals surface area contributed by atoms with Crippen molar-refractivity contribution in [3.05, 3.63) is 23.3 Å². The number of hydrogen-bond acceptors (Lipinski definition) is 2. The van der Waals surface area contributed by atoms with Crippen molar-refractivity contribution < 1.29 is 9.53 Å². The summed E-state index contributed by atoms with van der Waals surface area (Å²) in [7, 11) is 0. The van der Waals surface area contributed by atoms with Crippen LogP contribution in [0.15, 0.2) is 23.3 Å². The van der Waals surface area contributed by atoms with Gasteiger partial charge in [-0.1, -0.05) is 30.2 Å². The third kappa shape index (κ3) is 4.67. The molecule has 1 rings (SSSR count). The minimum absolute atomic E-state index is 0.0235. The predicted octanol–water partition coefficient (Wildman–Crippen LogP) is 4.27. The predicted molar refractivity (Wildman–Crippen MR) is 75.3 cm³/mol. The molecule has 0 spiro atoms. The Morgan fingerprint density at radius 3 is 2.78 bits per heavy atom. The van der Waals surface area contributed by atoms with Gasteiger partial charge in [-0.15, -0.1) is 0 Å². The summed E-state index contributed by atoms with van der Waals surface area (Å²) in [6.45, 7) is 8.78. The average molecular weight is 250 g/mol. The van der Waals surface area contributed by atoms with Crippen molar-refractivity contribution in [3.8, 4) is 0 Å². The molecule has 2 heteroatoms. The number of ether oxygens (including phenoxy) is 1. The lowest BCUT2D eigenvalue weighted by Gasteiger charge is -2.27. The molecule has 0 fully saturated rings. The van der Waals surface area contributed by atoms with Gasteiger partial charge in [-0.2, -0.15) is 0 Å². The summed E-state index contributed by atoms with van der Waals surface area (Å²) in [4.78, 5) is 11.8. The van der Waals surface area contributed by atoms with Crippen molar-refractivity contribution in [2.75, 3.05) is 6.61 Å². The lowest BCUT2D eigenvalue weighted by atomic mass is 9.79. The maximum absolute atomic E-state index is 11.8. The summed E-state index contributed by atoms with van der Waals surface area (Å²) in [5, 5.41) is 0. The highest BCUT2D eigenvalue weighted by molar-refractivity contribution is 5.73.